The second-order valence-corrected chi connectivity index (χ2v) is 8.59. The lowest BCUT2D eigenvalue weighted by atomic mass is 10.0. The third-order valence-corrected chi connectivity index (χ3v) is 6.31. The Bertz CT molecular complexity index is 1150. The number of carbonyl (C=O) groups excluding carboxylic acids is 1. The van der Waals surface area contributed by atoms with Crippen molar-refractivity contribution in [2.45, 2.75) is 44.3 Å². The maximum atomic E-state index is 14.4. The molecule has 2 aromatic heterocycles. The van der Waals surface area contributed by atoms with Crippen LogP contribution < -0.4 is 10.4 Å². The molecule has 1 aliphatic heterocycles. The molecule has 1 amide bonds. The number of piperidine rings is 1. The van der Waals surface area contributed by atoms with Crippen LogP contribution in [0, 0.1) is 11.6 Å². The summed E-state index contributed by atoms with van der Waals surface area (Å²) in [6, 6.07) is 7.08. The van der Waals surface area contributed by atoms with Crippen LogP contribution in [0.5, 0.6) is 0 Å². The zero-order chi connectivity index (χ0) is 23.7. The van der Waals surface area contributed by atoms with Gasteiger partial charge in [0.05, 0.1) is 23.8 Å². The highest BCUT2D eigenvalue weighted by molar-refractivity contribution is 5.93. The fourth-order valence-corrected chi connectivity index (χ4v) is 4.27. The lowest BCUT2D eigenvalue weighted by Crippen LogP contribution is -2.37. The van der Waals surface area contributed by atoms with Gasteiger partial charge in [-0.05, 0) is 49.9 Å². The first-order chi connectivity index (χ1) is 16.5. The Balaban J connectivity index is 1.24. The molecule has 178 valence electrons. The van der Waals surface area contributed by atoms with E-state index in [9.17, 15) is 13.6 Å². The van der Waals surface area contributed by atoms with Gasteiger partial charge in [0, 0.05) is 30.8 Å². The zero-order valence-electron chi connectivity index (χ0n) is 18.3. The van der Waals surface area contributed by atoms with Crippen molar-refractivity contribution < 1.29 is 28.0 Å². The number of pyridine rings is 1. The minimum atomic E-state index is -0.680. The topological polar surface area (TPSA) is 101 Å². The molecule has 0 bridgehead atoms. The van der Waals surface area contributed by atoms with E-state index in [0.29, 0.717) is 24.4 Å². The van der Waals surface area contributed by atoms with Crippen molar-refractivity contribution in [3.05, 3.63) is 65.1 Å². The van der Waals surface area contributed by atoms with E-state index in [0.717, 1.165) is 31.5 Å². The monoisotopic (exact) mass is 470 g/mol. The number of carbonyl (C=O) groups is 1. The minimum Gasteiger partial charge on any atom is -0.373 e. The van der Waals surface area contributed by atoms with E-state index in [1.165, 1.54) is 24.4 Å². The van der Waals surface area contributed by atoms with Gasteiger partial charge in [-0.15, -0.1) is 0 Å². The van der Waals surface area contributed by atoms with Crippen molar-refractivity contribution >= 4 is 11.7 Å². The number of hydroxylamine groups is 1. The Labute approximate surface area is 194 Å². The van der Waals surface area contributed by atoms with E-state index >= 15 is 0 Å². The number of rotatable bonds is 7. The Kier molecular flexibility index (Phi) is 6.25. The molecule has 2 aliphatic rings. The summed E-state index contributed by atoms with van der Waals surface area (Å²) in [6.45, 7) is 1.58. The highest BCUT2D eigenvalue weighted by Crippen LogP contribution is 2.45. The number of halogens is 2. The molecular weight excluding hydrogens is 446 g/mol. The van der Waals surface area contributed by atoms with Crippen LogP contribution in [0.4, 0.5) is 14.6 Å². The van der Waals surface area contributed by atoms with Crippen LogP contribution in [0.15, 0.2) is 41.1 Å². The minimum absolute atomic E-state index is 0.0315. The number of ether oxygens (including phenoxy) is 1. The van der Waals surface area contributed by atoms with E-state index in [2.05, 4.69) is 15.0 Å². The van der Waals surface area contributed by atoms with Gasteiger partial charge in [0.15, 0.2) is 0 Å². The first-order valence-electron chi connectivity index (χ1n) is 11.2. The van der Waals surface area contributed by atoms with Crippen LogP contribution in [0.3, 0.4) is 0 Å². The summed E-state index contributed by atoms with van der Waals surface area (Å²) in [5.74, 6) is -0.356. The van der Waals surface area contributed by atoms with Gasteiger partial charge in [0.1, 0.15) is 28.9 Å². The summed E-state index contributed by atoms with van der Waals surface area (Å²) < 4.78 is 40.5. The van der Waals surface area contributed by atoms with Gasteiger partial charge in [0.2, 0.25) is 0 Å². The third kappa shape index (κ3) is 4.51. The standard InChI is InChI=1S/C24H24F2N4O4/c25-18-2-1-3-19(26)21(18)22-17(23(34-29-22)14-4-5-14)13-33-16-8-10-30(11-9-16)20-7-6-15(12-27-20)24(31)28-32/h1-3,6-7,12,14,16,32H,4-5,8-11,13H2,(H,28,31). The molecule has 1 saturated carbocycles. The number of hydrogen-bond acceptors (Lipinski definition) is 7. The van der Waals surface area contributed by atoms with Gasteiger partial charge < -0.3 is 14.2 Å². The van der Waals surface area contributed by atoms with E-state index in [1.54, 1.807) is 17.6 Å². The van der Waals surface area contributed by atoms with Crippen molar-refractivity contribution in [1.29, 1.82) is 0 Å². The smallest absolute Gasteiger partial charge is 0.276 e. The molecule has 0 atom stereocenters. The van der Waals surface area contributed by atoms with Gasteiger partial charge in [-0.25, -0.2) is 19.2 Å². The fraction of sp³-hybridized carbons (Fsp3) is 0.375. The van der Waals surface area contributed by atoms with Gasteiger partial charge in [-0.1, -0.05) is 11.2 Å². The predicted molar refractivity (Wildman–Crippen MR) is 117 cm³/mol. The maximum Gasteiger partial charge on any atom is 0.276 e. The van der Waals surface area contributed by atoms with Crippen LogP contribution >= 0.6 is 0 Å². The van der Waals surface area contributed by atoms with E-state index < -0.39 is 17.5 Å². The van der Waals surface area contributed by atoms with Crippen molar-refractivity contribution in [2.75, 3.05) is 18.0 Å². The van der Waals surface area contributed by atoms with Gasteiger partial charge in [-0.2, -0.15) is 0 Å². The molecule has 2 N–H and O–H groups in total. The average Bonchev–Trinajstić information content (AvgIpc) is 3.63. The van der Waals surface area contributed by atoms with E-state index in [-0.39, 0.29) is 35.4 Å². The lowest BCUT2D eigenvalue weighted by Gasteiger charge is -2.32. The van der Waals surface area contributed by atoms with Crippen LogP contribution in [0.25, 0.3) is 11.3 Å². The summed E-state index contributed by atoms with van der Waals surface area (Å²) in [7, 11) is 0. The molecule has 1 saturated heterocycles. The van der Waals surface area contributed by atoms with Gasteiger partial charge in [-0.3, -0.25) is 10.0 Å². The number of anilines is 1. The molecule has 8 nitrogen and oxygen atoms in total. The Morgan fingerprint density at radius 1 is 1.15 bits per heavy atom. The molecule has 2 fully saturated rings. The predicted octanol–water partition coefficient (Wildman–Crippen LogP) is 4.20. The SMILES string of the molecule is O=C(NO)c1ccc(N2CCC(OCc3c(-c4c(F)cccc4F)noc3C3CC3)CC2)nc1. The molecular formula is C24H24F2N4O4. The van der Waals surface area contributed by atoms with Crippen LogP contribution in [0.2, 0.25) is 0 Å². The summed E-state index contributed by atoms with van der Waals surface area (Å²) >= 11 is 0. The number of hydrogen-bond donors (Lipinski definition) is 2. The number of amides is 1. The molecule has 3 heterocycles. The van der Waals surface area contributed by atoms with Crippen molar-refractivity contribution in [2.24, 2.45) is 0 Å². The highest BCUT2D eigenvalue weighted by atomic mass is 19.1. The molecule has 1 aromatic carbocycles. The molecule has 0 unspecified atom stereocenters. The number of nitrogens with zero attached hydrogens (tertiary/aromatic N) is 3. The van der Waals surface area contributed by atoms with Gasteiger partial charge in [0.25, 0.3) is 5.91 Å². The summed E-state index contributed by atoms with van der Waals surface area (Å²) in [5.41, 5.74) is 2.46. The fourth-order valence-electron chi connectivity index (χ4n) is 4.27. The molecule has 5 rings (SSSR count). The molecule has 10 heteroatoms. The molecule has 0 radical (unpaired) electrons. The number of nitrogens with one attached hydrogen (secondary N) is 1. The van der Waals surface area contributed by atoms with Crippen molar-refractivity contribution in [3.63, 3.8) is 0 Å². The Hall–Kier alpha value is -3.37. The largest absolute Gasteiger partial charge is 0.373 e. The molecule has 0 spiro atoms. The second-order valence-electron chi connectivity index (χ2n) is 8.59. The quantitative estimate of drug-likeness (QED) is 0.394. The maximum absolute atomic E-state index is 14.4. The first kappa shape index (κ1) is 22.4. The van der Waals surface area contributed by atoms with E-state index in [1.807, 2.05) is 0 Å². The van der Waals surface area contributed by atoms with Crippen LogP contribution in [0.1, 0.15) is 53.3 Å². The third-order valence-electron chi connectivity index (χ3n) is 6.31. The molecule has 3 aromatic rings. The van der Waals surface area contributed by atoms with Crippen molar-refractivity contribution in [3.8, 4) is 11.3 Å². The average molecular weight is 470 g/mol. The summed E-state index contributed by atoms with van der Waals surface area (Å²) in [5, 5.41) is 12.7. The van der Waals surface area contributed by atoms with Gasteiger partial charge >= 0.3 is 0 Å². The highest BCUT2D eigenvalue weighted by Gasteiger charge is 2.34. The second kappa shape index (κ2) is 9.47. The lowest BCUT2D eigenvalue weighted by molar-refractivity contribution is 0.0245. The zero-order valence-corrected chi connectivity index (χ0v) is 18.3. The number of benzene rings is 1. The first-order valence-corrected chi connectivity index (χ1v) is 11.2. The summed E-state index contributed by atoms with van der Waals surface area (Å²) in [4.78, 5) is 17.8. The number of aromatic nitrogens is 2. The molecule has 1 aliphatic carbocycles. The van der Waals surface area contributed by atoms with Crippen LogP contribution in [-0.2, 0) is 11.3 Å². The normalized spacial score (nSPS) is 16.6. The van der Waals surface area contributed by atoms with Crippen molar-refractivity contribution in [1.82, 2.24) is 15.6 Å². The Morgan fingerprint density at radius 3 is 2.50 bits per heavy atom. The Morgan fingerprint density at radius 2 is 1.88 bits per heavy atom. The summed E-state index contributed by atoms with van der Waals surface area (Å²) in [6.07, 6.45) is 4.80. The van der Waals surface area contributed by atoms with Crippen LogP contribution in [-0.4, -0.2) is 40.4 Å². The molecule has 34 heavy (non-hydrogen) atoms. The van der Waals surface area contributed by atoms with E-state index in [4.69, 9.17) is 14.5 Å².